The summed E-state index contributed by atoms with van der Waals surface area (Å²) in [7, 11) is 0. The molecule has 0 saturated carbocycles. The molecule has 0 aliphatic heterocycles. The van der Waals surface area contributed by atoms with Gasteiger partial charge in [0, 0.05) is 12.6 Å². The number of fused-ring (bicyclic) bond motifs is 1. The van der Waals surface area contributed by atoms with Gasteiger partial charge in [0.05, 0.1) is 0 Å². The average Bonchev–Trinajstić information content (AvgIpc) is 3.00. The second-order valence-electron chi connectivity index (χ2n) is 4.52. The third-order valence-corrected chi connectivity index (χ3v) is 2.95. The summed E-state index contributed by atoms with van der Waals surface area (Å²) in [4.78, 5) is 33.1. The third-order valence-electron chi connectivity index (χ3n) is 2.95. The Bertz CT molecular complexity index is 883. The van der Waals surface area contributed by atoms with Gasteiger partial charge in [-0.05, 0) is 13.3 Å². The number of nitrogens with one attached hydrogen (secondary N) is 2. The van der Waals surface area contributed by atoms with E-state index in [1.165, 1.54) is 4.57 Å². The SMILES string of the molecule is CCCn1c(=O)[nH]c(=O)c2[nH]c(-c3cc(C)on3)nc21. The number of hydrogen-bond acceptors (Lipinski definition) is 5. The fourth-order valence-corrected chi connectivity index (χ4v) is 2.07. The highest BCUT2D eigenvalue weighted by Crippen LogP contribution is 2.17. The van der Waals surface area contributed by atoms with E-state index in [-0.39, 0.29) is 5.52 Å². The van der Waals surface area contributed by atoms with Crippen molar-refractivity contribution >= 4 is 11.2 Å². The maximum absolute atomic E-state index is 11.8. The molecule has 104 valence electrons. The average molecular weight is 275 g/mol. The quantitative estimate of drug-likeness (QED) is 0.734. The van der Waals surface area contributed by atoms with E-state index >= 15 is 0 Å². The molecule has 8 heteroatoms. The van der Waals surface area contributed by atoms with E-state index in [0.717, 1.165) is 6.42 Å². The van der Waals surface area contributed by atoms with Crippen LogP contribution in [0.5, 0.6) is 0 Å². The molecule has 0 atom stereocenters. The number of aryl methyl sites for hydroxylation is 2. The molecule has 0 spiro atoms. The summed E-state index contributed by atoms with van der Waals surface area (Å²) in [5, 5.41) is 3.84. The number of nitrogens with zero attached hydrogens (tertiary/aromatic N) is 3. The number of H-pyrrole nitrogens is 2. The van der Waals surface area contributed by atoms with Crippen LogP contribution in [0.25, 0.3) is 22.7 Å². The first kappa shape index (κ1) is 12.4. The predicted octanol–water partition coefficient (Wildman–Crippen LogP) is 0.786. The topological polar surface area (TPSA) is 110 Å². The van der Waals surface area contributed by atoms with Gasteiger partial charge in [-0.15, -0.1) is 0 Å². The Labute approximate surface area is 112 Å². The number of aromatic amines is 2. The van der Waals surface area contributed by atoms with Crippen LogP contribution in [-0.2, 0) is 6.54 Å². The first-order chi connectivity index (χ1) is 9.60. The summed E-state index contributed by atoms with van der Waals surface area (Å²) >= 11 is 0. The van der Waals surface area contributed by atoms with E-state index in [4.69, 9.17) is 4.52 Å². The highest BCUT2D eigenvalue weighted by molar-refractivity contribution is 5.74. The molecule has 3 heterocycles. The van der Waals surface area contributed by atoms with Gasteiger partial charge in [0.1, 0.15) is 17.0 Å². The molecule has 0 aliphatic carbocycles. The molecule has 8 nitrogen and oxygen atoms in total. The fourth-order valence-electron chi connectivity index (χ4n) is 2.07. The molecule has 0 amide bonds. The fraction of sp³-hybridized carbons (Fsp3) is 0.333. The monoisotopic (exact) mass is 275 g/mol. The van der Waals surface area contributed by atoms with Gasteiger partial charge >= 0.3 is 5.69 Å². The number of imidazole rings is 1. The van der Waals surface area contributed by atoms with Crippen molar-refractivity contribution in [1.82, 2.24) is 24.7 Å². The Balaban J connectivity index is 2.29. The summed E-state index contributed by atoms with van der Waals surface area (Å²) in [6, 6.07) is 1.70. The molecule has 0 fully saturated rings. The zero-order valence-electron chi connectivity index (χ0n) is 11.1. The summed E-state index contributed by atoms with van der Waals surface area (Å²) in [5.74, 6) is 1.04. The van der Waals surface area contributed by atoms with E-state index in [1.807, 2.05) is 6.92 Å². The molecule has 3 rings (SSSR count). The Morgan fingerprint density at radius 1 is 1.35 bits per heavy atom. The Morgan fingerprint density at radius 3 is 2.80 bits per heavy atom. The van der Waals surface area contributed by atoms with Crippen molar-refractivity contribution in [3.8, 4) is 11.5 Å². The minimum Gasteiger partial charge on any atom is -0.361 e. The van der Waals surface area contributed by atoms with Gasteiger partial charge in [0.25, 0.3) is 5.56 Å². The first-order valence-electron chi connectivity index (χ1n) is 6.26. The maximum atomic E-state index is 11.8. The second kappa shape index (κ2) is 4.48. The van der Waals surface area contributed by atoms with Crippen LogP contribution in [-0.4, -0.2) is 24.7 Å². The summed E-state index contributed by atoms with van der Waals surface area (Å²) in [5.41, 5.74) is 0.133. The molecule has 0 bridgehead atoms. The van der Waals surface area contributed by atoms with E-state index in [2.05, 4.69) is 20.1 Å². The molecule has 3 aromatic rings. The molecule has 0 radical (unpaired) electrons. The highest BCUT2D eigenvalue weighted by Gasteiger charge is 2.15. The predicted molar refractivity (Wildman–Crippen MR) is 71.5 cm³/mol. The Hall–Kier alpha value is -2.64. The zero-order chi connectivity index (χ0) is 14.3. The van der Waals surface area contributed by atoms with Gasteiger partial charge < -0.3 is 9.51 Å². The van der Waals surface area contributed by atoms with Crippen LogP contribution < -0.4 is 11.2 Å². The lowest BCUT2D eigenvalue weighted by molar-refractivity contribution is 0.399. The van der Waals surface area contributed by atoms with Crippen LogP contribution in [0.4, 0.5) is 0 Å². The van der Waals surface area contributed by atoms with Crippen molar-refractivity contribution in [1.29, 1.82) is 0 Å². The lowest BCUT2D eigenvalue weighted by Gasteiger charge is -2.02. The molecular formula is C12H13N5O3. The van der Waals surface area contributed by atoms with Crippen LogP contribution in [0.15, 0.2) is 20.2 Å². The molecular weight excluding hydrogens is 262 g/mol. The first-order valence-corrected chi connectivity index (χ1v) is 6.26. The van der Waals surface area contributed by atoms with Gasteiger partial charge in [-0.3, -0.25) is 14.3 Å². The molecule has 0 aromatic carbocycles. The lowest BCUT2D eigenvalue weighted by atomic mass is 10.4. The molecule has 3 aromatic heterocycles. The van der Waals surface area contributed by atoms with Crippen molar-refractivity contribution < 1.29 is 4.52 Å². The highest BCUT2D eigenvalue weighted by atomic mass is 16.5. The Kier molecular flexibility index (Phi) is 2.78. The van der Waals surface area contributed by atoms with E-state index in [0.29, 0.717) is 29.5 Å². The lowest BCUT2D eigenvalue weighted by Crippen LogP contribution is -2.30. The van der Waals surface area contributed by atoms with E-state index in [1.54, 1.807) is 13.0 Å². The minimum atomic E-state index is -0.490. The second-order valence-corrected chi connectivity index (χ2v) is 4.52. The number of aromatic nitrogens is 5. The smallest absolute Gasteiger partial charge is 0.330 e. The molecule has 0 aliphatic rings. The standard InChI is InChI=1S/C12H13N5O3/c1-3-4-17-10-8(11(18)15-12(17)19)13-9(14-10)7-5-6(2)20-16-7/h5H,3-4H2,1-2H3,(H,13,14)(H,15,18,19). The van der Waals surface area contributed by atoms with Crippen molar-refractivity contribution in [2.75, 3.05) is 0 Å². The van der Waals surface area contributed by atoms with Crippen molar-refractivity contribution in [3.63, 3.8) is 0 Å². The molecule has 20 heavy (non-hydrogen) atoms. The van der Waals surface area contributed by atoms with Crippen molar-refractivity contribution in [3.05, 3.63) is 32.7 Å². The van der Waals surface area contributed by atoms with Crippen molar-refractivity contribution in [2.45, 2.75) is 26.8 Å². The summed E-state index contributed by atoms with van der Waals surface area (Å²) < 4.78 is 6.42. The Morgan fingerprint density at radius 2 is 2.15 bits per heavy atom. The van der Waals surface area contributed by atoms with Crippen LogP contribution >= 0.6 is 0 Å². The van der Waals surface area contributed by atoms with E-state index in [9.17, 15) is 9.59 Å². The molecule has 0 unspecified atom stereocenters. The van der Waals surface area contributed by atoms with Gasteiger partial charge in [0.2, 0.25) is 0 Å². The van der Waals surface area contributed by atoms with E-state index < -0.39 is 11.2 Å². The van der Waals surface area contributed by atoms with Crippen LogP contribution in [0.3, 0.4) is 0 Å². The van der Waals surface area contributed by atoms with Gasteiger partial charge in [0.15, 0.2) is 11.5 Å². The summed E-state index contributed by atoms with van der Waals surface area (Å²) in [6.45, 7) is 4.19. The maximum Gasteiger partial charge on any atom is 0.330 e. The van der Waals surface area contributed by atoms with Crippen molar-refractivity contribution in [2.24, 2.45) is 0 Å². The van der Waals surface area contributed by atoms with Gasteiger partial charge in [-0.1, -0.05) is 12.1 Å². The molecule has 2 N–H and O–H groups in total. The van der Waals surface area contributed by atoms with Crippen LogP contribution in [0, 0.1) is 6.92 Å². The number of rotatable bonds is 3. The largest absolute Gasteiger partial charge is 0.361 e. The van der Waals surface area contributed by atoms with Gasteiger partial charge in [-0.2, -0.15) is 0 Å². The zero-order valence-corrected chi connectivity index (χ0v) is 11.1. The normalized spacial score (nSPS) is 11.3. The van der Waals surface area contributed by atoms with Gasteiger partial charge in [-0.25, -0.2) is 9.78 Å². The third kappa shape index (κ3) is 1.85. The summed E-state index contributed by atoms with van der Waals surface area (Å²) in [6.07, 6.45) is 0.756. The minimum absolute atomic E-state index is 0.258. The molecule has 0 saturated heterocycles. The van der Waals surface area contributed by atoms with Crippen LogP contribution in [0.2, 0.25) is 0 Å². The van der Waals surface area contributed by atoms with Crippen LogP contribution in [0.1, 0.15) is 19.1 Å². The number of hydrogen-bond donors (Lipinski definition) is 2.